The van der Waals surface area contributed by atoms with Crippen LogP contribution in [0.3, 0.4) is 0 Å². The molecule has 3 rings (SSSR count). The molecule has 0 spiro atoms. The predicted molar refractivity (Wildman–Crippen MR) is 96.8 cm³/mol. The summed E-state index contributed by atoms with van der Waals surface area (Å²) >= 11 is 1.46. The van der Waals surface area contributed by atoms with Crippen molar-refractivity contribution in [2.75, 3.05) is 6.61 Å². The Bertz CT molecular complexity index is 876. The minimum atomic E-state index is -1.27. The van der Waals surface area contributed by atoms with Gasteiger partial charge in [-0.1, -0.05) is 12.1 Å². The highest BCUT2D eigenvalue weighted by atomic mass is 32.1. The zero-order valence-electron chi connectivity index (χ0n) is 14.8. The van der Waals surface area contributed by atoms with E-state index in [-0.39, 0.29) is 24.3 Å². The van der Waals surface area contributed by atoms with Gasteiger partial charge in [0.25, 0.3) is 0 Å². The molecule has 0 saturated carbocycles. The van der Waals surface area contributed by atoms with Crippen LogP contribution in [0.5, 0.6) is 0 Å². The normalized spacial score (nSPS) is 17.1. The number of ether oxygens (including phenoxy) is 1. The first kappa shape index (κ1) is 19.0. The monoisotopic (exact) mass is 392 g/mol. The van der Waals surface area contributed by atoms with E-state index in [2.05, 4.69) is 5.32 Å². The van der Waals surface area contributed by atoms with Gasteiger partial charge in [0.2, 0.25) is 0 Å². The van der Waals surface area contributed by atoms with Crippen LogP contribution >= 0.6 is 11.3 Å². The Morgan fingerprint density at radius 1 is 1.26 bits per heavy atom. The Hall–Kier alpha value is -2.74. The average molecular weight is 392 g/mol. The number of amides is 2. The van der Waals surface area contributed by atoms with Gasteiger partial charge in [0.05, 0.1) is 30.3 Å². The molecule has 0 unspecified atom stereocenters. The van der Waals surface area contributed by atoms with Crippen molar-refractivity contribution < 1.29 is 23.1 Å². The Balaban J connectivity index is 2.10. The van der Waals surface area contributed by atoms with Crippen LogP contribution < -0.4 is 5.32 Å². The molecular formula is C19H18F2N2O3S. The van der Waals surface area contributed by atoms with Gasteiger partial charge in [-0.15, -0.1) is 11.3 Å². The SMILES string of the molecule is CCOC(=O)C1=C(C)N(Cc2cccs2)C(=O)N[C@H]1c1c(F)cccc1F. The quantitative estimate of drug-likeness (QED) is 0.779. The van der Waals surface area contributed by atoms with Gasteiger partial charge in [0.15, 0.2) is 0 Å². The summed E-state index contributed by atoms with van der Waals surface area (Å²) < 4.78 is 33.8. The number of carbonyl (C=O) groups is 2. The van der Waals surface area contributed by atoms with E-state index in [1.165, 1.54) is 22.3 Å². The molecule has 0 fully saturated rings. The molecule has 1 atom stereocenters. The second-order valence-corrected chi connectivity index (χ2v) is 6.94. The zero-order chi connectivity index (χ0) is 19.6. The second kappa shape index (κ2) is 7.87. The number of allylic oxidation sites excluding steroid dienone is 1. The number of urea groups is 1. The average Bonchev–Trinajstić information content (AvgIpc) is 3.11. The number of hydrogen-bond donors (Lipinski definition) is 1. The summed E-state index contributed by atoms with van der Waals surface area (Å²) in [6.45, 7) is 3.55. The fourth-order valence-electron chi connectivity index (χ4n) is 3.01. The van der Waals surface area contributed by atoms with E-state index < -0.39 is 29.7 Å². The van der Waals surface area contributed by atoms with Crippen molar-refractivity contribution >= 4 is 23.3 Å². The number of nitrogens with one attached hydrogen (secondary N) is 1. The summed E-state index contributed by atoms with van der Waals surface area (Å²) in [7, 11) is 0. The molecule has 0 bridgehead atoms. The number of halogens is 2. The first-order chi connectivity index (χ1) is 12.9. The molecule has 8 heteroatoms. The van der Waals surface area contributed by atoms with E-state index in [1.54, 1.807) is 13.8 Å². The smallest absolute Gasteiger partial charge is 0.338 e. The molecular weight excluding hydrogens is 374 g/mol. The molecule has 2 aromatic rings. The fourth-order valence-corrected chi connectivity index (χ4v) is 3.70. The first-order valence-electron chi connectivity index (χ1n) is 8.36. The number of hydrogen-bond acceptors (Lipinski definition) is 4. The Morgan fingerprint density at radius 3 is 2.56 bits per heavy atom. The number of carbonyl (C=O) groups excluding carboxylic acids is 2. The summed E-state index contributed by atoms with van der Waals surface area (Å²) in [6, 6.07) is 5.30. The standard InChI is InChI=1S/C19H18F2N2O3S/c1-3-26-18(24)15-11(2)23(10-12-6-5-9-27-12)19(25)22-17(15)16-13(20)7-4-8-14(16)21/h4-9,17H,3,10H2,1-2H3,(H,22,25)/t17-/m1/s1. The molecule has 1 aliphatic rings. The third-order valence-corrected chi connectivity index (χ3v) is 5.14. The van der Waals surface area contributed by atoms with Crippen molar-refractivity contribution in [3.63, 3.8) is 0 Å². The zero-order valence-corrected chi connectivity index (χ0v) is 15.6. The molecule has 2 amide bonds. The molecule has 0 aliphatic carbocycles. The molecule has 142 valence electrons. The van der Waals surface area contributed by atoms with Crippen molar-refractivity contribution in [3.8, 4) is 0 Å². The topological polar surface area (TPSA) is 58.6 Å². The maximum atomic E-state index is 14.3. The van der Waals surface area contributed by atoms with E-state index >= 15 is 0 Å². The van der Waals surface area contributed by atoms with Crippen LogP contribution in [0.1, 0.15) is 30.3 Å². The Kier molecular flexibility index (Phi) is 5.55. The van der Waals surface area contributed by atoms with Gasteiger partial charge in [0.1, 0.15) is 11.6 Å². The van der Waals surface area contributed by atoms with E-state index in [9.17, 15) is 18.4 Å². The third-order valence-electron chi connectivity index (χ3n) is 4.27. The Labute approximate surface area is 159 Å². The molecule has 1 aromatic carbocycles. The van der Waals surface area contributed by atoms with E-state index in [0.29, 0.717) is 5.70 Å². The van der Waals surface area contributed by atoms with E-state index in [4.69, 9.17) is 4.74 Å². The highest BCUT2D eigenvalue weighted by molar-refractivity contribution is 7.09. The van der Waals surface area contributed by atoms with Gasteiger partial charge in [-0.3, -0.25) is 4.90 Å². The lowest BCUT2D eigenvalue weighted by atomic mass is 9.94. The van der Waals surface area contributed by atoms with Gasteiger partial charge >= 0.3 is 12.0 Å². The lowest BCUT2D eigenvalue weighted by Gasteiger charge is -2.35. The molecule has 1 N–H and O–H groups in total. The lowest BCUT2D eigenvalue weighted by Crippen LogP contribution is -2.48. The summed E-state index contributed by atoms with van der Waals surface area (Å²) in [4.78, 5) is 27.5. The number of benzene rings is 1. The van der Waals surface area contributed by atoms with Crippen LogP contribution in [0, 0.1) is 11.6 Å². The van der Waals surface area contributed by atoms with Crippen molar-refractivity contribution in [2.24, 2.45) is 0 Å². The first-order valence-corrected chi connectivity index (χ1v) is 9.24. The van der Waals surface area contributed by atoms with Crippen LogP contribution in [0.25, 0.3) is 0 Å². The highest BCUT2D eigenvalue weighted by Gasteiger charge is 2.39. The molecule has 1 aromatic heterocycles. The second-order valence-electron chi connectivity index (χ2n) is 5.90. The van der Waals surface area contributed by atoms with Crippen molar-refractivity contribution in [1.82, 2.24) is 10.2 Å². The number of rotatable bonds is 5. The molecule has 0 radical (unpaired) electrons. The third kappa shape index (κ3) is 3.71. The van der Waals surface area contributed by atoms with E-state index in [1.807, 2.05) is 17.5 Å². The summed E-state index contributed by atoms with van der Waals surface area (Å²) in [5.74, 6) is -2.41. The Morgan fingerprint density at radius 2 is 1.96 bits per heavy atom. The van der Waals surface area contributed by atoms with Crippen LogP contribution in [0.15, 0.2) is 47.0 Å². The van der Waals surface area contributed by atoms with Gasteiger partial charge in [-0.05, 0) is 37.4 Å². The highest BCUT2D eigenvalue weighted by Crippen LogP contribution is 2.34. The molecule has 27 heavy (non-hydrogen) atoms. The minimum Gasteiger partial charge on any atom is -0.463 e. The number of nitrogens with zero attached hydrogens (tertiary/aromatic N) is 1. The molecule has 2 heterocycles. The fraction of sp³-hybridized carbons (Fsp3) is 0.263. The maximum absolute atomic E-state index is 14.3. The van der Waals surface area contributed by atoms with Crippen LogP contribution in [0.4, 0.5) is 13.6 Å². The van der Waals surface area contributed by atoms with Crippen molar-refractivity contribution in [2.45, 2.75) is 26.4 Å². The maximum Gasteiger partial charge on any atom is 0.338 e. The largest absolute Gasteiger partial charge is 0.463 e. The molecule has 0 saturated heterocycles. The van der Waals surface area contributed by atoms with Crippen LogP contribution in [-0.4, -0.2) is 23.5 Å². The van der Waals surface area contributed by atoms with Gasteiger partial charge in [0, 0.05) is 10.6 Å². The molecule has 5 nitrogen and oxygen atoms in total. The van der Waals surface area contributed by atoms with Crippen molar-refractivity contribution in [1.29, 1.82) is 0 Å². The minimum absolute atomic E-state index is 0.0111. The van der Waals surface area contributed by atoms with Crippen LogP contribution in [0.2, 0.25) is 0 Å². The lowest BCUT2D eigenvalue weighted by molar-refractivity contribution is -0.139. The van der Waals surface area contributed by atoms with Crippen LogP contribution in [-0.2, 0) is 16.1 Å². The van der Waals surface area contributed by atoms with E-state index in [0.717, 1.165) is 17.0 Å². The predicted octanol–water partition coefficient (Wildman–Crippen LogP) is 4.13. The number of esters is 1. The summed E-state index contributed by atoms with van der Waals surface area (Å²) in [6.07, 6.45) is 0. The van der Waals surface area contributed by atoms with Gasteiger partial charge < -0.3 is 10.1 Å². The van der Waals surface area contributed by atoms with Gasteiger partial charge in [-0.25, -0.2) is 18.4 Å². The summed E-state index contributed by atoms with van der Waals surface area (Å²) in [5.41, 5.74) is -0.0701. The molecule has 1 aliphatic heterocycles. The van der Waals surface area contributed by atoms with Gasteiger partial charge in [-0.2, -0.15) is 0 Å². The van der Waals surface area contributed by atoms with Crippen molar-refractivity contribution in [3.05, 3.63) is 69.1 Å². The number of thiophene rings is 1. The summed E-state index contributed by atoms with van der Waals surface area (Å²) in [5, 5.41) is 4.42.